The summed E-state index contributed by atoms with van der Waals surface area (Å²) in [5, 5.41) is 15.4. The molecule has 1 aliphatic carbocycles. The molecule has 6 rings (SSSR count). The summed E-state index contributed by atoms with van der Waals surface area (Å²) in [5.74, 6) is -0.542. The van der Waals surface area contributed by atoms with E-state index in [-0.39, 0.29) is 48.4 Å². The number of nitrogens with one attached hydrogen (secondary N) is 1. The molecule has 2 unspecified atom stereocenters. The Morgan fingerprint density at radius 3 is 2.34 bits per heavy atom. The maximum absolute atomic E-state index is 14.5. The molecule has 1 saturated carbocycles. The van der Waals surface area contributed by atoms with Crippen LogP contribution in [0.4, 0.5) is 9.18 Å². The minimum atomic E-state index is -3.04. The molecular formula is C38H54FN5O5S. The van der Waals surface area contributed by atoms with Gasteiger partial charge in [0.1, 0.15) is 11.4 Å². The second-order valence-electron chi connectivity index (χ2n) is 15.0. The number of hydrogen-bond acceptors (Lipinski definition) is 7. The molecule has 4 N–H and O–H groups in total. The minimum Gasteiger partial charge on any atom is -0.383 e. The number of hydrogen-bond donors (Lipinski definition) is 4. The highest BCUT2D eigenvalue weighted by atomic mass is 32.3. The Kier molecular flexibility index (Phi) is 11.3. The number of piperidine rings is 2. The molecule has 2 aromatic carbocycles. The lowest BCUT2D eigenvalue weighted by molar-refractivity contribution is -0.135. The van der Waals surface area contributed by atoms with Crippen LogP contribution < -0.4 is 5.32 Å². The van der Waals surface area contributed by atoms with E-state index in [9.17, 15) is 28.2 Å². The molecule has 50 heavy (non-hydrogen) atoms. The van der Waals surface area contributed by atoms with Gasteiger partial charge in [-0.05, 0) is 73.9 Å². The van der Waals surface area contributed by atoms with Gasteiger partial charge in [0.2, 0.25) is 5.91 Å². The summed E-state index contributed by atoms with van der Waals surface area (Å²) in [7, 11) is 0.196. The predicted molar refractivity (Wildman–Crippen MR) is 194 cm³/mol. The molecule has 3 saturated heterocycles. The van der Waals surface area contributed by atoms with E-state index in [0.29, 0.717) is 36.6 Å². The van der Waals surface area contributed by atoms with Crippen molar-refractivity contribution >= 4 is 22.7 Å². The summed E-state index contributed by atoms with van der Waals surface area (Å²) in [6, 6.07) is 13.5. The van der Waals surface area contributed by atoms with Gasteiger partial charge in [-0.3, -0.25) is 18.8 Å². The van der Waals surface area contributed by atoms with E-state index >= 15 is 0 Å². The monoisotopic (exact) mass is 711 g/mol. The number of fused-ring (bicyclic) bond motifs is 2. The molecule has 4 fully saturated rings. The molecule has 12 heteroatoms. The van der Waals surface area contributed by atoms with Gasteiger partial charge < -0.3 is 20.2 Å². The van der Waals surface area contributed by atoms with Gasteiger partial charge in [0, 0.05) is 70.2 Å². The lowest BCUT2D eigenvalue weighted by Gasteiger charge is -2.52. The molecule has 10 nitrogen and oxygen atoms in total. The third kappa shape index (κ3) is 7.61. The van der Waals surface area contributed by atoms with Crippen molar-refractivity contribution in [1.29, 1.82) is 0 Å². The highest BCUT2D eigenvalue weighted by Gasteiger charge is 2.52. The van der Waals surface area contributed by atoms with Crippen LogP contribution in [0.25, 0.3) is 0 Å². The van der Waals surface area contributed by atoms with Crippen LogP contribution >= 0.6 is 10.8 Å². The first-order valence-corrected chi connectivity index (χ1v) is 19.6. The van der Waals surface area contributed by atoms with Crippen LogP contribution in [-0.2, 0) is 16.9 Å². The van der Waals surface area contributed by atoms with Gasteiger partial charge in [-0.1, -0.05) is 49.6 Å². The quantitative estimate of drug-likeness (QED) is 0.210. The fourth-order valence-electron chi connectivity index (χ4n) is 8.87. The van der Waals surface area contributed by atoms with Crippen LogP contribution in [0.15, 0.2) is 66.1 Å². The summed E-state index contributed by atoms with van der Waals surface area (Å²) in [6.07, 6.45) is 10.3. The van der Waals surface area contributed by atoms with E-state index in [2.05, 4.69) is 16.8 Å². The number of carbonyl (C=O) groups is 2. The normalized spacial score (nSPS) is 27.8. The Balaban J connectivity index is 1.14. The van der Waals surface area contributed by atoms with E-state index in [1.807, 2.05) is 9.80 Å². The Morgan fingerprint density at radius 2 is 1.72 bits per heavy atom. The third-order valence-corrected chi connectivity index (χ3v) is 13.6. The van der Waals surface area contributed by atoms with E-state index < -0.39 is 22.2 Å². The van der Waals surface area contributed by atoms with Gasteiger partial charge in [-0.2, -0.15) is 0 Å². The van der Waals surface area contributed by atoms with E-state index in [1.54, 1.807) is 56.6 Å². The zero-order chi connectivity index (χ0) is 35.6. The molecular weight excluding hydrogens is 658 g/mol. The van der Waals surface area contributed by atoms with Crippen molar-refractivity contribution in [1.82, 2.24) is 24.3 Å². The minimum absolute atomic E-state index is 0.00612. The number of amides is 3. The van der Waals surface area contributed by atoms with Gasteiger partial charge >= 0.3 is 6.03 Å². The summed E-state index contributed by atoms with van der Waals surface area (Å²) < 4.78 is 36.7. The molecule has 3 amide bonds. The first-order valence-electron chi connectivity index (χ1n) is 18.1. The molecule has 3 aliphatic heterocycles. The van der Waals surface area contributed by atoms with Crippen molar-refractivity contribution in [3.63, 3.8) is 0 Å². The largest absolute Gasteiger partial charge is 0.383 e. The van der Waals surface area contributed by atoms with Gasteiger partial charge in [0.25, 0.3) is 0 Å². The molecule has 4 aliphatic rings. The number of rotatable bonds is 11. The van der Waals surface area contributed by atoms with Crippen molar-refractivity contribution < 1.29 is 28.2 Å². The number of nitrogens with zero attached hydrogens (tertiary/aromatic N) is 4. The van der Waals surface area contributed by atoms with Crippen molar-refractivity contribution in [2.24, 2.45) is 11.8 Å². The second-order valence-corrected chi connectivity index (χ2v) is 17.2. The predicted octanol–water partition coefficient (Wildman–Crippen LogP) is 6.03. The fraction of sp³-hybridized carbons (Fsp3) is 0.579. The lowest BCUT2D eigenvalue weighted by Crippen LogP contribution is -2.60. The number of aliphatic hydroxyl groups is 1. The number of β-amino-alcohol motifs (C(OH)–C–C–N with tert-alkyl or cyclic N) is 1. The molecule has 274 valence electrons. The van der Waals surface area contributed by atoms with Gasteiger partial charge in [-0.25, -0.2) is 13.5 Å². The topological polar surface area (TPSA) is 120 Å². The number of likely N-dealkylation sites (tertiary alicyclic amines) is 1. The van der Waals surface area contributed by atoms with Crippen LogP contribution in [0.5, 0.6) is 0 Å². The Morgan fingerprint density at radius 1 is 1.04 bits per heavy atom. The highest BCUT2D eigenvalue weighted by Crippen LogP contribution is 2.49. The maximum atomic E-state index is 14.5. The zero-order valence-corrected chi connectivity index (χ0v) is 30.2. The molecule has 3 heterocycles. The number of halogens is 1. The Labute approximate surface area is 297 Å². The van der Waals surface area contributed by atoms with E-state index in [1.165, 1.54) is 16.4 Å². The summed E-state index contributed by atoms with van der Waals surface area (Å²) in [6.45, 7) is 5.87. The average Bonchev–Trinajstić information content (AvgIpc) is 3.75. The Hall–Kier alpha value is -3.00. The Bertz CT molecular complexity index is 1510. The van der Waals surface area contributed by atoms with E-state index in [4.69, 9.17) is 0 Å². The average molecular weight is 712 g/mol. The van der Waals surface area contributed by atoms with Crippen molar-refractivity contribution in [2.75, 3.05) is 40.3 Å². The highest BCUT2D eigenvalue weighted by molar-refractivity contribution is 8.22. The van der Waals surface area contributed by atoms with Crippen LogP contribution in [0.3, 0.4) is 0 Å². The molecule has 2 bridgehead atoms. The number of urea groups is 1. The molecule has 0 spiro atoms. The first-order chi connectivity index (χ1) is 23.9. The van der Waals surface area contributed by atoms with Crippen molar-refractivity contribution in [2.45, 2.75) is 93.0 Å². The second kappa shape index (κ2) is 15.3. The molecule has 4 atom stereocenters. The van der Waals surface area contributed by atoms with Crippen LogP contribution in [0.2, 0.25) is 0 Å². The molecule has 2 aromatic rings. The molecule has 0 aromatic heterocycles. The van der Waals surface area contributed by atoms with Crippen LogP contribution in [0, 0.1) is 17.7 Å². The van der Waals surface area contributed by atoms with Crippen LogP contribution in [-0.4, -0.2) is 104 Å². The lowest BCUT2D eigenvalue weighted by atomic mass is 9.78. The standard InChI is InChI=1S/C38H54FN5O5S/c1-4-19-43(37(46)40-23-27-15-17-35(18-16-27)50(48,49)41(2)3)34-21-32-13-8-14-33(22-34)44(32)25-30-24-42(36(45)28-9-5-6-10-28)26-38(30,47)29-11-7-12-31(39)20-29/h4,7,11-12,15-18,20,28,30,32-34,47-49H,1,5-6,8-10,13-14,19,21-26H2,2-3H3,(H,40,46)/t30-,32?,33?,34?,38+/m1/s1. The molecule has 0 radical (unpaired) electrons. The summed E-state index contributed by atoms with van der Waals surface area (Å²) in [4.78, 5) is 33.9. The van der Waals surface area contributed by atoms with Gasteiger partial charge in [0.15, 0.2) is 0 Å². The van der Waals surface area contributed by atoms with Crippen molar-refractivity contribution in [3.05, 3.63) is 78.1 Å². The maximum Gasteiger partial charge on any atom is 0.318 e. The summed E-state index contributed by atoms with van der Waals surface area (Å²) in [5.41, 5.74) is 0.0285. The number of benzene rings is 2. The van der Waals surface area contributed by atoms with E-state index in [0.717, 1.165) is 63.4 Å². The fourth-order valence-corrected chi connectivity index (χ4v) is 9.79. The smallest absolute Gasteiger partial charge is 0.318 e. The third-order valence-electron chi connectivity index (χ3n) is 11.6. The van der Waals surface area contributed by atoms with Crippen LogP contribution in [0.1, 0.15) is 68.9 Å². The first kappa shape index (κ1) is 36.8. The van der Waals surface area contributed by atoms with Gasteiger partial charge in [-0.15, -0.1) is 17.4 Å². The number of carbonyl (C=O) groups excluding carboxylic acids is 2. The SMILES string of the molecule is C=CCN(C(=O)NCc1ccc(S(O)(O)N(C)C)cc1)C1CC2CCCC(C1)N2C[C@H]1CN(C(=O)C2CCCC2)C[C@]1(O)c1cccc(F)c1. The zero-order valence-electron chi connectivity index (χ0n) is 29.4. The van der Waals surface area contributed by atoms with Gasteiger partial charge in [0.05, 0.1) is 11.4 Å². The summed E-state index contributed by atoms with van der Waals surface area (Å²) >= 11 is 0. The van der Waals surface area contributed by atoms with Crippen molar-refractivity contribution in [3.8, 4) is 0 Å².